The number of nitrogens with zero attached hydrogens (tertiary/aromatic N) is 1. The van der Waals surface area contributed by atoms with Gasteiger partial charge in [-0.25, -0.2) is 4.39 Å². The van der Waals surface area contributed by atoms with Gasteiger partial charge in [0.2, 0.25) is 5.91 Å². The Morgan fingerprint density at radius 3 is 2.79 bits per heavy atom. The van der Waals surface area contributed by atoms with Gasteiger partial charge >= 0.3 is 0 Å². The highest BCUT2D eigenvalue weighted by Crippen LogP contribution is 2.27. The highest BCUT2D eigenvalue weighted by atomic mass is 19.1. The Morgan fingerprint density at radius 1 is 1.47 bits per heavy atom. The number of hydrogen-bond acceptors (Lipinski definition) is 3. The minimum absolute atomic E-state index is 0.175. The molecule has 5 heteroatoms. The molecule has 1 amide bonds. The second kappa shape index (κ2) is 6.12. The van der Waals surface area contributed by atoms with Crippen LogP contribution in [0.25, 0.3) is 0 Å². The molecule has 0 spiro atoms. The summed E-state index contributed by atoms with van der Waals surface area (Å²) in [5, 5.41) is 11.8. The van der Waals surface area contributed by atoms with Gasteiger partial charge in [-0.3, -0.25) is 9.69 Å². The molecule has 0 atom stereocenters. The van der Waals surface area contributed by atoms with Gasteiger partial charge < -0.3 is 10.4 Å². The van der Waals surface area contributed by atoms with Gasteiger partial charge in [-0.1, -0.05) is 12.1 Å². The monoisotopic (exact) mass is 266 g/mol. The molecule has 2 N–H and O–H groups in total. The van der Waals surface area contributed by atoms with Crippen LogP contribution in [-0.4, -0.2) is 42.2 Å². The van der Waals surface area contributed by atoms with E-state index in [9.17, 15) is 14.3 Å². The molecular weight excluding hydrogens is 247 g/mol. The van der Waals surface area contributed by atoms with Crippen molar-refractivity contribution in [2.24, 2.45) is 5.92 Å². The average Bonchev–Trinajstić information content (AvgIpc) is 2.30. The molecule has 2 rings (SSSR count). The van der Waals surface area contributed by atoms with Crippen molar-refractivity contribution in [3.8, 4) is 0 Å². The predicted molar refractivity (Wildman–Crippen MR) is 71.3 cm³/mol. The number of aliphatic hydroxyl groups excluding tert-OH is 1. The number of likely N-dealkylation sites (N-methyl/N-ethyl adjacent to an activating group) is 1. The van der Waals surface area contributed by atoms with Gasteiger partial charge in [0.15, 0.2) is 0 Å². The number of hydrogen-bond donors (Lipinski definition) is 2. The first-order valence-corrected chi connectivity index (χ1v) is 6.45. The van der Waals surface area contributed by atoms with E-state index in [2.05, 4.69) is 5.32 Å². The minimum atomic E-state index is -0.430. The minimum Gasteiger partial charge on any atom is -0.393 e. The van der Waals surface area contributed by atoms with Crippen molar-refractivity contribution in [3.05, 3.63) is 30.1 Å². The molecule has 1 aromatic carbocycles. The van der Waals surface area contributed by atoms with Crippen LogP contribution in [0.3, 0.4) is 0 Å². The summed E-state index contributed by atoms with van der Waals surface area (Å²) in [6.45, 7) is 1.00. The SMILES string of the molecule is CN(CC(=O)Nc1ccccc1F)CC1CC(O)C1. The molecular formula is C14H19FN2O2. The summed E-state index contributed by atoms with van der Waals surface area (Å²) in [5.74, 6) is -0.200. The first-order chi connectivity index (χ1) is 9.04. The predicted octanol–water partition coefficient (Wildman–Crippen LogP) is 1.47. The lowest BCUT2D eigenvalue weighted by molar-refractivity contribution is -0.117. The van der Waals surface area contributed by atoms with Crippen molar-refractivity contribution in [1.29, 1.82) is 0 Å². The van der Waals surface area contributed by atoms with E-state index < -0.39 is 5.82 Å². The summed E-state index contributed by atoms with van der Waals surface area (Å²) in [6, 6.07) is 6.11. The molecule has 1 fully saturated rings. The van der Waals surface area contributed by atoms with Crippen LogP contribution in [0.15, 0.2) is 24.3 Å². The van der Waals surface area contributed by atoms with Crippen LogP contribution in [0.1, 0.15) is 12.8 Å². The van der Waals surface area contributed by atoms with E-state index >= 15 is 0 Å². The second-order valence-corrected chi connectivity index (χ2v) is 5.22. The van der Waals surface area contributed by atoms with Gasteiger partial charge in [-0.05, 0) is 37.9 Å². The average molecular weight is 266 g/mol. The molecule has 1 aliphatic carbocycles. The zero-order valence-electron chi connectivity index (χ0n) is 11.0. The Labute approximate surface area is 112 Å². The van der Waals surface area contributed by atoms with E-state index in [1.54, 1.807) is 12.1 Å². The van der Waals surface area contributed by atoms with Gasteiger partial charge in [0.25, 0.3) is 0 Å². The van der Waals surface area contributed by atoms with Crippen LogP contribution < -0.4 is 5.32 Å². The fourth-order valence-electron chi connectivity index (χ4n) is 2.35. The smallest absolute Gasteiger partial charge is 0.238 e. The standard InChI is InChI=1S/C14H19FN2O2/c1-17(8-10-6-11(18)7-10)9-14(19)16-13-5-3-2-4-12(13)15/h2-5,10-11,18H,6-9H2,1H3,(H,16,19). The summed E-state index contributed by atoms with van der Waals surface area (Å²) >= 11 is 0. The Bertz CT molecular complexity index is 447. The topological polar surface area (TPSA) is 52.6 Å². The number of aliphatic hydroxyl groups is 1. The second-order valence-electron chi connectivity index (χ2n) is 5.22. The van der Waals surface area contributed by atoms with Gasteiger partial charge in [-0.2, -0.15) is 0 Å². The number of carbonyl (C=O) groups is 1. The Balaban J connectivity index is 1.76. The fraction of sp³-hybridized carbons (Fsp3) is 0.500. The molecule has 0 heterocycles. The van der Waals surface area contributed by atoms with Crippen LogP contribution in [-0.2, 0) is 4.79 Å². The third-order valence-electron chi connectivity index (χ3n) is 3.34. The van der Waals surface area contributed by atoms with Crippen molar-refractivity contribution in [3.63, 3.8) is 0 Å². The zero-order chi connectivity index (χ0) is 13.8. The molecule has 4 nitrogen and oxygen atoms in total. The Hall–Kier alpha value is -1.46. The third kappa shape index (κ3) is 4.01. The van der Waals surface area contributed by atoms with E-state index in [0.717, 1.165) is 19.4 Å². The molecule has 0 unspecified atom stereocenters. The van der Waals surface area contributed by atoms with Crippen molar-refractivity contribution in [1.82, 2.24) is 4.90 Å². The fourth-order valence-corrected chi connectivity index (χ4v) is 2.35. The number of nitrogens with one attached hydrogen (secondary N) is 1. The Kier molecular flexibility index (Phi) is 4.50. The van der Waals surface area contributed by atoms with Gasteiger partial charge in [0.05, 0.1) is 18.3 Å². The molecule has 19 heavy (non-hydrogen) atoms. The van der Waals surface area contributed by atoms with E-state index in [-0.39, 0.29) is 24.2 Å². The van der Waals surface area contributed by atoms with E-state index in [0.29, 0.717) is 5.92 Å². The number of carbonyl (C=O) groups excluding carboxylic acids is 1. The normalized spacial score (nSPS) is 22.1. The van der Waals surface area contributed by atoms with Crippen molar-refractivity contribution >= 4 is 11.6 Å². The quantitative estimate of drug-likeness (QED) is 0.848. The van der Waals surface area contributed by atoms with Crippen LogP contribution in [0.2, 0.25) is 0 Å². The van der Waals surface area contributed by atoms with Crippen LogP contribution in [0, 0.1) is 11.7 Å². The van der Waals surface area contributed by atoms with Crippen LogP contribution >= 0.6 is 0 Å². The number of amides is 1. The lowest BCUT2D eigenvalue weighted by atomic mass is 9.82. The maximum atomic E-state index is 13.3. The first-order valence-electron chi connectivity index (χ1n) is 6.45. The van der Waals surface area contributed by atoms with Gasteiger partial charge in [0.1, 0.15) is 5.82 Å². The largest absolute Gasteiger partial charge is 0.393 e. The van der Waals surface area contributed by atoms with Crippen molar-refractivity contribution < 1.29 is 14.3 Å². The summed E-state index contributed by atoms with van der Waals surface area (Å²) in [7, 11) is 1.85. The maximum absolute atomic E-state index is 13.3. The summed E-state index contributed by atoms with van der Waals surface area (Å²) in [5.41, 5.74) is 0.208. The number of halogens is 1. The summed E-state index contributed by atoms with van der Waals surface area (Å²) < 4.78 is 13.3. The number of benzene rings is 1. The number of rotatable bonds is 5. The first kappa shape index (κ1) is 14.0. The maximum Gasteiger partial charge on any atom is 0.238 e. The molecule has 1 aromatic rings. The van der Waals surface area contributed by atoms with Crippen LogP contribution in [0.4, 0.5) is 10.1 Å². The van der Waals surface area contributed by atoms with Gasteiger partial charge in [0, 0.05) is 6.54 Å². The highest BCUT2D eigenvalue weighted by Gasteiger charge is 2.28. The van der Waals surface area contributed by atoms with Crippen LogP contribution in [0.5, 0.6) is 0 Å². The van der Waals surface area contributed by atoms with Gasteiger partial charge in [-0.15, -0.1) is 0 Å². The summed E-state index contributed by atoms with van der Waals surface area (Å²) in [6.07, 6.45) is 1.43. The highest BCUT2D eigenvalue weighted by molar-refractivity contribution is 5.92. The molecule has 0 aromatic heterocycles. The molecule has 0 aliphatic heterocycles. The Morgan fingerprint density at radius 2 is 2.16 bits per heavy atom. The molecule has 1 saturated carbocycles. The lowest BCUT2D eigenvalue weighted by Crippen LogP contribution is -2.40. The third-order valence-corrected chi connectivity index (χ3v) is 3.34. The van der Waals surface area contributed by atoms with E-state index in [1.807, 2.05) is 11.9 Å². The number of para-hydroxylation sites is 1. The molecule has 104 valence electrons. The zero-order valence-corrected chi connectivity index (χ0v) is 11.0. The van der Waals surface area contributed by atoms with Crippen molar-refractivity contribution in [2.75, 3.05) is 25.5 Å². The molecule has 1 aliphatic rings. The number of anilines is 1. The molecule has 0 bridgehead atoms. The van der Waals surface area contributed by atoms with E-state index in [4.69, 9.17) is 0 Å². The van der Waals surface area contributed by atoms with Crippen molar-refractivity contribution in [2.45, 2.75) is 18.9 Å². The summed E-state index contributed by atoms with van der Waals surface area (Å²) in [4.78, 5) is 13.7. The lowest BCUT2D eigenvalue weighted by Gasteiger charge is -2.34. The molecule has 0 radical (unpaired) electrons. The van der Waals surface area contributed by atoms with E-state index in [1.165, 1.54) is 12.1 Å². The molecule has 0 saturated heterocycles.